The summed E-state index contributed by atoms with van der Waals surface area (Å²) in [4.78, 5) is 48.0. The lowest BCUT2D eigenvalue weighted by Crippen LogP contribution is -2.43. The number of hydrogen-bond donors (Lipinski definition) is 0. The first-order chi connectivity index (χ1) is 10.7. The van der Waals surface area contributed by atoms with Gasteiger partial charge in [0.15, 0.2) is 11.8 Å². The van der Waals surface area contributed by atoms with Crippen LogP contribution in [0.1, 0.15) is 13.8 Å². The molecule has 0 aromatic carbocycles. The van der Waals surface area contributed by atoms with E-state index in [1.54, 1.807) is 13.8 Å². The van der Waals surface area contributed by atoms with Crippen LogP contribution in [-0.4, -0.2) is 52.3 Å². The van der Waals surface area contributed by atoms with E-state index in [9.17, 15) is 19.2 Å². The summed E-state index contributed by atoms with van der Waals surface area (Å²) in [6.45, 7) is 3.37. The van der Waals surface area contributed by atoms with E-state index in [0.717, 1.165) is 28.4 Å². The minimum absolute atomic E-state index is 0.672. The second-order valence-corrected chi connectivity index (χ2v) is 4.87. The maximum absolute atomic E-state index is 12.0. The molecule has 130 valence electrons. The van der Waals surface area contributed by atoms with Gasteiger partial charge in [-0.1, -0.05) is 11.6 Å². The molecular weight excluding hydrogens is 308 g/mol. The first-order valence-corrected chi connectivity index (χ1v) is 6.71. The zero-order valence-electron chi connectivity index (χ0n) is 14.1. The van der Waals surface area contributed by atoms with E-state index in [2.05, 4.69) is 18.9 Å². The first kappa shape index (κ1) is 20.6. The van der Waals surface area contributed by atoms with Crippen LogP contribution >= 0.6 is 0 Å². The molecule has 23 heavy (non-hydrogen) atoms. The van der Waals surface area contributed by atoms with E-state index in [0.29, 0.717) is 5.57 Å². The van der Waals surface area contributed by atoms with Crippen molar-refractivity contribution < 1.29 is 38.1 Å². The minimum atomic E-state index is -1.51. The standard InChI is InChI=1S/C15H22O8/c1-8(2)7-9(10(12(16)20-3)13(17)21-4)11(14(18)22-5)15(19)23-6/h7,9-11H,1-6H3. The number of allylic oxidation sites excluding steroid dienone is 2. The van der Waals surface area contributed by atoms with E-state index in [-0.39, 0.29) is 0 Å². The van der Waals surface area contributed by atoms with Gasteiger partial charge in [0.1, 0.15) is 0 Å². The van der Waals surface area contributed by atoms with Crippen molar-refractivity contribution in [2.24, 2.45) is 17.8 Å². The van der Waals surface area contributed by atoms with Crippen LogP contribution in [0.25, 0.3) is 0 Å². The van der Waals surface area contributed by atoms with Crippen molar-refractivity contribution in [3.8, 4) is 0 Å². The Morgan fingerprint density at radius 3 is 1.09 bits per heavy atom. The number of rotatable bonds is 7. The van der Waals surface area contributed by atoms with Crippen LogP contribution in [0.4, 0.5) is 0 Å². The summed E-state index contributed by atoms with van der Waals surface area (Å²) in [6, 6.07) is 0. The molecule has 0 aromatic heterocycles. The van der Waals surface area contributed by atoms with Crippen molar-refractivity contribution in [3.63, 3.8) is 0 Å². The topological polar surface area (TPSA) is 105 Å². The first-order valence-electron chi connectivity index (χ1n) is 6.71. The summed E-state index contributed by atoms with van der Waals surface area (Å²) in [5.41, 5.74) is 0.672. The van der Waals surface area contributed by atoms with Gasteiger partial charge in [0.25, 0.3) is 0 Å². The van der Waals surface area contributed by atoms with Crippen molar-refractivity contribution in [2.75, 3.05) is 28.4 Å². The van der Waals surface area contributed by atoms with Gasteiger partial charge in [-0.05, 0) is 13.8 Å². The molecule has 0 unspecified atom stereocenters. The van der Waals surface area contributed by atoms with Gasteiger partial charge >= 0.3 is 23.9 Å². The number of hydrogen-bond acceptors (Lipinski definition) is 8. The highest BCUT2D eigenvalue weighted by Crippen LogP contribution is 2.29. The molecule has 0 aliphatic heterocycles. The highest BCUT2D eigenvalue weighted by molar-refractivity contribution is 6.00. The Balaban J connectivity index is 6.18. The SMILES string of the molecule is COC(=O)C(C(=O)OC)C(C=C(C)C)C(C(=O)OC)C(=O)OC. The quantitative estimate of drug-likeness (QED) is 0.287. The fraction of sp³-hybridized carbons (Fsp3) is 0.600. The van der Waals surface area contributed by atoms with E-state index >= 15 is 0 Å². The molecule has 0 fully saturated rings. The van der Waals surface area contributed by atoms with Crippen LogP contribution in [0.5, 0.6) is 0 Å². The average Bonchev–Trinajstić information content (AvgIpc) is 2.53. The number of carbonyl (C=O) groups is 4. The summed E-state index contributed by atoms with van der Waals surface area (Å²) in [7, 11) is 4.35. The van der Waals surface area contributed by atoms with Crippen molar-refractivity contribution in [2.45, 2.75) is 13.8 Å². The molecule has 0 atom stereocenters. The van der Waals surface area contributed by atoms with Gasteiger partial charge in [-0.3, -0.25) is 19.2 Å². The minimum Gasteiger partial charge on any atom is -0.468 e. The van der Waals surface area contributed by atoms with Gasteiger partial charge in [0, 0.05) is 5.92 Å². The van der Waals surface area contributed by atoms with Gasteiger partial charge < -0.3 is 18.9 Å². The van der Waals surface area contributed by atoms with Gasteiger partial charge in [0.2, 0.25) is 0 Å². The fourth-order valence-electron chi connectivity index (χ4n) is 2.10. The Morgan fingerprint density at radius 2 is 0.913 bits per heavy atom. The van der Waals surface area contributed by atoms with Crippen LogP contribution in [0.15, 0.2) is 11.6 Å². The summed E-state index contributed by atoms with van der Waals surface area (Å²) < 4.78 is 18.4. The zero-order valence-corrected chi connectivity index (χ0v) is 14.1. The Bertz CT molecular complexity index is 422. The summed E-state index contributed by atoms with van der Waals surface area (Å²) in [5, 5.41) is 0. The van der Waals surface area contributed by atoms with E-state index < -0.39 is 41.6 Å². The molecule has 0 heterocycles. The predicted octanol–water partition coefficient (Wildman–Crippen LogP) is 0.493. The third-order valence-corrected chi connectivity index (χ3v) is 3.12. The summed E-state index contributed by atoms with van der Waals surface area (Å²) in [5.74, 6) is -7.92. The van der Waals surface area contributed by atoms with Crippen molar-refractivity contribution in [1.82, 2.24) is 0 Å². The van der Waals surface area contributed by atoms with Crippen LogP contribution in [0.3, 0.4) is 0 Å². The Labute approximate surface area is 134 Å². The molecule has 0 saturated carbocycles. The average molecular weight is 330 g/mol. The second kappa shape index (κ2) is 9.60. The van der Waals surface area contributed by atoms with Gasteiger partial charge in [-0.25, -0.2) is 0 Å². The lowest BCUT2D eigenvalue weighted by atomic mass is 9.80. The number of methoxy groups -OCH3 is 4. The van der Waals surface area contributed by atoms with Gasteiger partial charge in [0.05, 0.1) is 28.4 Å². The highest BCUT2D eigenvalue weighted by atomic mass is 16.6. The number of ether oxygens (including phenoxy) is 4. The van der Waals surface area contributed by atoms with E-state index in [1.165, 1.54) is 6.08 Å². The molecule has 0 aliphatic rings. The normalized spacial score (nSPS) is 10.3. The van der Waals surface area contributed by atoms with Crippen molar-refractivity contribution >= 4 is 23.9 Å². The van der Waals surface area contributed by atoms with Crippen LogP contribution in [-0.2, 0) is 38.1 Å². The van der Waals surface area contributed by atoms with Crippen LogP contribution < -0.4 is 0 Å². The maximum Gasteiger partial charge on any atom is 0.320 e. The summed E-state index contributed by atoms with van der Waals surface area (Å²) >= 11 is 0. The maximum atomic E-state index is 12.0. The van der Waals surface area contributed by atoms with Crippen molar-refractivity contribution in [3.05, 3.63) is 11.6 Å². The monoisotopic (exact) mass is 330 g/mol. The van der Waals surface area contributed by atoms with Gasteiger partial charge in [-0.15, -0.1) is 0 Å². The Kier molecular flexibility index (Phi) is 8.61. The van der Waals surface area contributed by atoms with Crippen LogP contribution in [0.2, 0.25) is 0 Å². The third kappa shape index (κ3) is 5.39. The largest absolute Gasteiger partial charge is 0.468 e. The number of carbonyl (C=O) groups excluding carboxylic acids is 4. The lowest BCUT2D eigenvalue weighted by Gasteiger charge is -2.26. The molecule has 0 saturated heterocycles. The molecule has 0 spiro atoms. The fourth-order valence-corrected chi connectivity index (χ4v) is 2.10. The molecule has 0 aliphatic carbocycles. The van der Waals surface area contributed by atoms with Crippen molar-refractivity contribution in [1.29, 1.82) is 0 Å². The molecule has 0 radical (unpaired) electrons. The van der Waals surface area contributed by atoms with Crippen LogP contribution in [0, 0.1) is 17.8 Å². The Hall–Kier alpha value is -2.38. The smallest absolute Gasteiger partial charge is 0.320 e. The molecule has 0 bridgehead atoms. The van der Waals surface area contributed by atoms with Gasteiger partial charge in [-0.2, -0.15) is 0 Å². The Morgan fingerprint density at radius 1 is 0.652 bits per heavy atom. The molecule has 8 heteroatoms. The second-order valence-electron chi connectivity index (χ2n) is 4.87. The summed E-state index contributed by atoms with van der Waals surface area (Å²) in [6.07, 6.45) is 1.44. The third-order valence-electron chi connectivity index (χ3n) is 3.12. The molecular formula is C15H22O8. The van der Waals surface area contributed by atoms with E-state index in [1.807, 2.05) is 0 Å². The molecule has 8 nitrogen and oxygen atoms in total. The molecule has 0 rings (SSSR count). The predicted molar refractivity (Wildman–Crippen MR) is 78.0 cm³/mol. The van der Waals surface area contributed by atoms with E-state index in [4.69, 9.17) is 0 Å². The highest BCUT2D eigenvalue weighted by Gasteiger charge is 2.47. The number of esters is 4. The lowest BCUT2D eigenvalue weighted by molar-refractivity contribution is -0.167. The molecule has 0 amide bonds. The molecule has 0 aromatic rings. The zero-order chi connectivity index (χ0) is 18.2. The molecule has 0 N–H and O–H groups in total.